The molecule has 3 heteroatoms. The minimum atomic E-state index is 0.268. The molecule has 0 amide bonds. The van der Waals surface area contributed by atoms with Crippen LogP contribution < -0.4 is 5.73 Å². The highest BCUT2D eigenvalue weighted by molar-refractivity contribution is 14.1. The predicted octanol–water partition coefficient (Wildman–Crippen LogP) is 1.48. The fourth-order valence-electron chi connectivity index (χ4n) is 1.04. The van der Waals surface area contributed by atoms with Gasteiger partial charge >= 0.3 is 0 Å². The van der Waals surface area contributed by atoms with E-state index in [4.69, 9.17) is 5.73 Å². The monoisotopic (exact) mass is 270 g/mol. The molecule has 0 aliphatic heterocycles. The van der Waals surface area contributed by atoms with E-state index in [-0.39, 0.29) is 5.54 Å². The van der Waals surface area contributed by atoms with Crippen LogP contribution in [0, 0.1) is 0 Å². The number of nitrogens with two attached hydrogens (primary N) is 1. The third-order valence-electron chi connectivity index (χ3n) is 1.70. The molecule has 0 aromatic heterocycles. The number of alkyl halides is 1. The lowest BCUT2D eigenvalue weighted by molar-refractivity contribution is 0.152. The van der Waals surface area contributed by atoms with E-state index in [2.05, 4.69) is 48.3 Å². The lowest BCUT2D eigenvalue weighted by atomic mass is 10.1. The molecular formula is C8H19IN2. The molecule has 11 heavy (non-hydrogen) atoms. The smallest absolute Gasteiger partial charge is 0.0125 e. The zero-order valence-corrected chi connectivity index (χ0v) is 9.89. The third-order valence-corrected chi connectivity index (χ3v) is 2.18. The Labute approximate surface area is 83.7 Å². The second-order valence-corrected chi connectivity index (χ2v) is 4.71. The van der Waals surface area contributed by atoms with Crippen molar-refractivity contribution in [3.05, 3.63) is 0 Å². The molecule has 0 radical (unpaired) electrons. The van der Waals surface area contributed by atoms with Crippen molar-refractivity contribution in [3.8, 4) is 0 Å². The average Bonchev–Trinajstić information content (AvgIpc) is 1.85. The van der Waals surface area contributed by atoms with Gasteiger partial charge in [0.1, 0.15) is 0 Å². The highest BCUT2D eigenvalue weighted by Crippen LogP contribution is 2.11. The number of nitrogens with zero attached hydrogens (tertiary/aromatic N) is 1. The quantitative estimate of drug-likeness (QED) is 0.619. The van der Waals surface area contributed by atoms with E-state index in [1.807, 2.05) is 0 Å². The van der Waals surface area contributed by atoms with Crippen molar-refractivity contribution in [2.75, 3.05) is 24.1 Å². The average molecular weight is 270 g/mol. The summed E-state index contributed by atoms with van der Waals surface area (Å²) < 4.78 is 1.18. The minimum absolute atomic E-state index is 0.268. The van der Waals surface area contributed by atoms with Gasteiger partial charge in [0.15, 0.2) is 0 Å². The maximum atomic E-state index is 5.51. The summed E-state index contributed by atoms with van der Waals surface area (Å²) in [5, 5.41) is 0. The summed E-state index contributed by atoms with van der Waals surface area (Å²) in [4.78, 5) is 2.42. The highest BCUT2D eigenvalue weighted by atomic mass is 127. The van der Waals surface area contributed by atoms with Crippen LogP contribution in [0.25, 0.3) is 0 Å². The zero-order valence-electron chi connectivity index (χ0n) is 7.73. The van der Waals surface area contributed by atoms with Gasteiger partial charge in [-0.05, 0) is 20.8 Å². The van der Waals surface area contributed by atoms with E-state index in [1.165, 1.54) is 4.43 Å². The Kier molecular flexibility index (Phi) is 5.64. The van der Waals surface area contributed by atoms with Crippen LogP contribution in [0.5, 0.6) is 0 Å². The molecule has 0 atom stereocenters. The van der Waals surface area contributed by atoms with Crippen LogP contribution in [0.2, 0.25) is 0 Å². The molecule has 0 saturated carbocycles. The fourth-order valence-corrected chi connectivity index (χ4v) is 1.62. The molecule has 68 valence electrons. The summed E-state index contributed by atoms with van der Waals surface area (Å²) in [5.41, 5.74) is 5.78. The SMILES string of the molecule is CC(C)(C)N(CCN)CCI. The molecule has 0 aliphatic carbocycles. The van der Waals surface area contributed by atoms with E-state index < -0.39 is 0 Å². The van der Waals surface area contributed by atoms with Crippen LogP contribution in [-0.2, 0) is 0 Å². The molecule has 0 fully saturated rings. The van der Waals surface area contributed by atoms with Gasteiger partial charge in [-0.25, -0.2) is 0 Å². The topological polar surface area (TPSA) is 29.3 Å². The molecule has 0 spiro atoms. The van der Waals surface area contributed by atoms with E-state index in [1.54, 1.807) is 0 Å². The molecular weight excluding hydrogens is 251 g/mol. The van der Waals surface area contributed by atoms with Gasteiger partial charge in [0, 0.05) is 29.6 Å². The first-order chi connectivity index (χ1) is 5.02. The maximum Gasteiger partial charge on any atom is 0.0125 e. The van der Waals surface area contributed by atoms with Gasteiger partial charge in [-0.3, -0.25) is 4.90 Å². The second-order valence-electron chi connectivity index (χ2n) is 3.64. The lowest BCUT2D eigenvalue weighted by Gasteiger charge is -2.34. The van der Waals surface area contributed by atoms with Crippen molar-refractivity contribution in [2.24, 2.45) is 5.73 Å². The summed E-state index contributed by atoms with van der Waals surface area (Å²) in [6.07, 6.45) is 0. The minimum Gasteiger partial charge on any atom is -0.329 e. The van der Waals surface area contributed by atoms with Crippen molar-refractivity contribution >= 4 is 22.6 Å². The van der Waals surface area contributed by atoms with Crippen molar-refractivity contribution < 1.29 is 0 Å². The van der Waals surface area contributed by atoms with Crippen LogP contribution >= 0.6 is 22.6 Å². The number of hydrogen-bond donors (Lipinski definition) is 1. The number of rotatable bonds is 4. The van der Waals surface area contributed by atoms with Crippen LogP contribution in [0.1, 0.15) is 20.8 Å². The summed E-state index contributed by atoms with van der Waals surface area (Å²) in [6, 6.07) is 0. The van der Waals surface area contributed by atoms with E-state index in [9.17, 15) is 0 Å². The van der Waals surface area contributed by atoms with Gasteiger partial charge in [-0.1, -0.05) is 22.6 Å². The molecule has 0 heterocycles. The maximum absolute atomic E-state index is 5.51. The Bertz CT molecular complexity index is 92.8. The highest BCUT2D eigenvalue weighted by Gasteiger charge is 2.18. The molecule has 0 unspecified atom stereocenters. The Morgan fingerprint density at radius 2 is 1.82 bits per heavy atom. The Hall–Kier alpha value is 0.650. The normalized spacial score (nSPS) is 12.5. The first-order valence-corrected chi connectivity index (χ1v) is 5.56. The van der Waals surface area contributed by atoms with Crippen molar-refractivity contribution in [2.45, 2.75) is 26.3 Å². The van der Waals surface area contributed by atoms with Gasteiger partial charge in [0.25, 0.3) is 0 Å². The van der Waals surface area contributed by atoms with Gasteiger partial charge < -0.3 is 5.73 Å². The fraction of sp³-hybridized carbons (Fsp3) is 1.00. The van der Waals surface area contributed by atoms with Gasteiger partial charge in [-0.2, -0.15) is 0 Å². The zero-order chi connectivity index (χ0) is 8.91. The van der Waals surface area contributed by atoms with Crippen LogP contribution in [0.3, 0.4) is 0 Å². The van der Waals surface area contributed by atoms with Crippen LogP contribution in [-0.4, -0.2) is 34.5 Å². The van der Waals surface area contributed by atoms with E-state index in [0.717, 1.165) is 19.6 Å². The first-order valence-electron chi connectivity index (χ1n) is 4.03. The number of halogens is 1. The van der Waals surface area contributed by atoms with Crippen LogP contribution in [0.15, 0.2) is 0 Å². The second kappa shape index (κ2) is 5.32. The van der Waals surface area contributed by atoms with E-state index >= 15 is 0 Å². The standard InChI is InChI=1S/C8H19IN2/c1-8(2,3)11(6-4-9)7-5-10/h4-7,10H2,1-3H3. The summed E-state index contributed by atoms with van der Waals surface area (Å²) in [6.45, 7) is 9.60. The molecule has 0 rings (SSSR count). The Balaban J connectivity index is 3.88. The Morgan fingerprint density at radius 1 is 1.27 bits per heavy atom. The summed E-state index contributed by atoms with van der Waals surface area (Å²) in [5.74, 6) is 0. The Morgan fingerprint density at radius 3 is 2.09 bits per heavy atom. The molecule has 2 nitrogen and oxygen atoms in total. The summed E-state index contributed by atoms with van der Waals surface area (Å²) in [7, 11) is 0. The van der Waals surface area contributed by atoms with Crippen molar-refractivity contribution in [1.82, 2.24) is 4.90 Å². The predicted molar refractivity (Wildman–Crippen MR) is 59.3 cm³/mol. The molecule has 0 saturated heterocycles. The van der Waals surface area contributed by atoms with Gasteiger partial charge in [0.05, 0.1) is 0 Å². The molecule has 2 N–H and O–H groups in total. The number of hydrogen-bond acceptors (Lipinski definition) is 2. The molecule has 0 bridgehead atoms. The van der Waals surface area contributed by atoms with Crippen LogP contribution in [0.4, 0.5) is 0 Å². The summed E-state index contributed by atoms with van der Waals surface area (Å²) >= 11 is 2.40. The lowest BCUT2D eigenvalue weighted by Crippen LogP contribution is -2.45. The molecule has 0 aromatic carbocycles. The van der Waals surface area contributed by atoms with Crippen molar-refractivity contribution in [1.29, 1.82) is 0 Å². The van der Waals surface area contributed by atoms with Crippen molar-refractivity contribution in [3.63, 3.8) is 0 Å². The van der Waals surface area contributed by atoms with Gasteiger partial charge in [-0.15, -0.1) is 0 Å². The van der Waals surface area contributed by atoms with Gasteiger partial charge in [0.2, 0.25) is 0 Å². The largest absolute Gasteiger partial charge is 0.329 e. The molecule has 0 aliphatic rings. The first kappa shape index (κ1) is 11.6. The van der Waals surface area contributed by atoms with E-state index in [0.29, 0.717) is 0 Å². The molecule has 0 aromatic rings. The third kappa shape index (κ3) is 4.98.